The van der Waals surface area contributed by atoms with E-state index in [2.05, 4.69) is 39.5 Å². The molecule has 0 heteroatoms. The highest BCUT2D eigenvalue weighted by Gasteiger charge is 1.95. The van der Waals surface area contributed by atoms with Crippen LogP contribution in [0.25, 0.3) is 0 Å². The summed E-state index contributed by atoms with van der Waals surface area (Å²) in [5.41, 5.74) is 4.41. The molecule has 0 N–H and O–H groups in total. The number of allylic oxidation sites excluding steroid dienone is 12. The molecule has 0 heterocycles. The molecule has 0 aliphatic heterocycles. The highest BCUT2D eigenvalue weighted by molar-refractivity contribution is 5.50. The molecule has 0 fully saturated rings. The van der Waals surface area contributed by atoms with E-state index >= 15 is 0 Å². The molecule has 0 atom stereocenters. The van der Waals surface area contributed by atoms with Crippen LogP contribution in [-0.2, 0) is 0 Å². The smallest absolute Gasteiger partial charge is 0.0259 e. The van der Waals surface area contributed by atoms with E-state index in [4.69, 9.17) is 0 Å². The zero-order valence-corrected chi connectivity index (χ0v) is 11.8. The van der Waals surface area contributed by atoms with Crippen LogP contribution in [0.2, 0.25) is 0 Å². The highest BCUT2D eigenvalue weighted by atomic mass is 14.0. The lowest BCUT2D eigenvalue weighted by molar-refractivity contribution is 1.47. The topological polar surface area (TPSA) is 0 Å². The van der Waals surface area contributed by atoms with Crippen LogP contribution < -0.4 is 0 Å². The molecule has 0 aliphatic rings. The molecular formula is C19H22. The number of hydrogen-bond acceptors (Lipinski definition) is 0. The molecule has 0 rings (SSSR count). The molecule has 0 spiro atoms. The van der Waals surface area contributed by atoms with E-state index in [1.807, 2.05) is 37.3 Å². The van der Waals surface area contributed by atoms with Crippen LogP contribution in [0.1, 0.15) is 6.92 Å². The van der Waals surface area contributed by atoms with E-state index in [-0.39, 0.29) is 0 Å². The Labute approximate surface area is 117 Å². The van der Waals surface area contributed by atoms with Gasteiger partial charge in [0.1, 0.15) is 0 Å². The Kier molecular flexibility index (Phi) is 7.64. The summed E-state index contributed by atoms with van der Waals surface area (Å²) in [6, 6.07) is 0. The van der Waals surface area contributed by atoms with E-state index in [1.54, 1.807) is 12.2 Å². The predicted molar refractivity (Wildman–Crippen MR) is 89.0 cm³/mol. The predicted octanol–water partition coefficient (Wildman–Crippen LogP) is 5.64. The SMILES string of the molecule is C=C/C=C\C(=C)C(=C)/C=C\C(=C)C(=C)/C=C(/C)C=C. The van der Waals surface area contributed by atoms with Gasteiger partial charge in [-0.2, -0.15) is 0 Å². The second-order valence-electron chi connectivity index (χ2n) is 4.12. The van der Waals surface area contributed by atoms with Crippen molar-refractivity contribution in [3.05, 3.63) is 110 Å². The van der Waals surface area contributed by atoms with Crippen molar-refractivity contribution in [1.82, 2.24) is 0 Å². The van der Waals surface area contributed by atoms with Gasteiger partial charge in [0.15, 0.2) is 0 Å². The van der Waals surface area contributed by atoms with Gasteiger partial charge < -0.3 is 0 Å². The molecule has 0 amide bonds. The van der Waals surface area contributed by atoms with Crippen molar-refractivity contribution in [3.8, 4) is 0 Å². The van der Waals surface area contributed by atoms with Gasteiger partial charge in [-0.3, -0.25) is 0 Å². The normalized spacial score (nSPS) is 11.5. The molecule has 0 saturated carbocycles. The van der Waals surface area contributed by atoms with Crippen molar-refractivity contribution in [2.24, 2.45) is 0 Å². The first kappa shape index (κ1) is 16.7. The quantitative estimate of drug-likeness (QED) is 0.489. The van der Waals surface area contributed by atoms with E-state index in [0.717, 1.165) is 27.9 Å². The van der Waals surface area contributed by atoms with E-state index < -0.39 is 0 Å². The molecule has 0 aliphatic carbocycles. The Morgan fingerprint density at radius 2 is 1.21 bits per heavy atom. The van der Waals surface area contributed by atoms with Crippen LogP contribution in [0.15, 0.2) is 110 Å². The summed E-state index contributed by atoms with van der Waals surface area (Å²) in [4.78, 5) is 0. The van der Waals surface area contributed by atoms with E-state index in [0.29, 0.717) is 0 Å². The first-order chi connectivity index (χ1) is 8.92. The number of hydrogen-bond donors (Lipinski definition) is 0. The first-order valence-corrected chi connectivity index (χ1v) is 5.96. The molecule has 0 nitrogen and oxygen atoms in total. The maximum absolute atomic E-state index is 3.97. The van der Waals surface area contributed by atoms with Crippen molar-refractivity contribution in [2.75, 3.05) is 0 Å². The molecule has 98 valence electrons. The molecule has 0 unspecified atom stereocenters. The van der Waals surface area contributed by atoms with Gasteiger partial charge in [-0.25, -0.2) is 0 Å². The Bertz CT molecular complexity index is 502. The van der Waals surface area contributed by atoms with Crippen molar-refractivity contribution < 1.29 is 0 Å². The van der Waals surface area contributed by atoms with Crippen LogP contribution >= 0.6 is 0 Å². The maximum Gasteiger partial charge on any atom is -0.0259 e. The van der Waals surface area contributed by atoms with Gasteiger partial charge in [0.25, 0.3) is 0 Å². The fraction of sp³-hybridized carbons (Fsp3) is 0.0526. The zero-order valence-electron chi connectivity index (χ0n) is 11.8. The van der Waals surface area contributed by atoms with Crippen molar-refractivity contribution >= 4 is 0 Å². The minimum atomic E-state index is 0.830. The molecule has 0 saturated heterocycles. The Balaban J connectivity index is 4.69. The van der Waals surface area contributed by atoms with Gasteiger partial charge in [0.2, 0.25) is 0 Å². The summed E-state index contributed by atoms with van der Waals surface area (Å²) in [5, 5.41) is 0. The monoisotopic (exact) mass is 250 g/mol. The third-order valence-corrected chi connectivity index (χ3v) is 2.47. The highest BCUT2D eigenvalue weighted by Crippen LogP contribution is 2.15. The van der Waals surface area contributed by atoms with E-state index in [1.165, 1.54) is 0 Å². The zero-order chi connectivity index (χ0) is 14.8. The standard InChI is InChI=1S/C19H22/c1-8-10-11-16(4)17(5)12-13-18(6)19(7)14-15(3)9-2/h8-14H,1-2,4-7H2,3H3/b11-10-,13-12-,15-14-. The first-order valence-electron chi connectivity index (χ1n) is 5.96. The van der Waals surface area contributed by atoms with Crippen molar-refractivity contribution in [3.63, 3.8) is 0 Å². The van der Waals surface area contributed by atoms with Crippen molar-refractivity contribution in [2.45, 2.75) is 6.92 Å². The van der Waals surface area contributed by atoms with Gasteiger partial charge in [-0.05, 0) is 29.2 Å². The largest absolute Gasteiger partial charge is 0.0991 e. The summed E-state index contributed by atoms with van der Waals surface area (Å²) in [6.07, 6.45) is 12.9. The molecule has 19 heavy (non-hydrogen) atoms. The summed E-state index contributed by atoms with van der Waals surface area (Å²) in [6.45, 7) is 25.1. The average molecular weight is 250 g/mol. The minimum absolute atomic E-state index is 0.830. The summed E-state index contributed by atoms with van der Waals surface area (Å²) < 4.78 is 0. The Morgan fingerprint density at radius 3 is 1.68 bits per heavy atom. The van der Waals surface area contributed by atoms with Crippen LogP contribution in [0, 0.1) is 0 Å². The third-order valence-electron chi connectivity index (χ3n) is 2.47. The van der Waals surface area contributed by atoms with Gasteiger partial charge in [-0.1, -0.05) is 87.6 Å². The average Bonchev–Trinajstić information content (AvgIpc) is 2.40. The van der Waals surface area contributed by atoms with Crippen molar-refractivity contribution in [1.29, 1.82) is 0 Å². The third kappa shape index (κ3) is 6.85. The number of rotatable bonds is 8. The fourth-order valence-corrected chi connectivity index (χ4v) is 1.13. The van der Waals surface area contributed by atoms with Gasteiger partial charge in [0.05, 0.1) is 0 Å². The van der Waals surface area contributed by atoms with Crippen LogP contribution in [-0.4, -0.2) is 0 Å². The van der Waals surface area contributed by atoms with Gasteiger partial charge in [0, 0.05) is 0 Å². The lowest BCUT2D eigenvalue weighted by Gasteiger charge is -2.02. The fourth-order valence-electron chi connectivity index (χ4n) is 1.13. The molecule has 0 bridgehead atoms. The van der Waals surface area contributed by atoms with E-state index in [9.17, 15) is 0 Å². The second-order valence-corrected chi connectivity index (χ2v) is 4.12. The van der Waals surface area contributed by atoms with Gasteiger partial charge in [-0.15, -0.1) is 0 Å². The summed E-state index contributed by atoms with van der Waals surface area (Å²) in [5.74, 6) is 0. The van der Waals surface area contributed by atoms with Crippen LogP contribution in [0.4, 0.5) is 0 Å². The summed E-state index contributed by atoms with van der Waals surface area (Å²) >= 11 is 0. The lowest BCUT2D eigenvalue weighted by Crippen LogP contribution is -1.82. The Morgan fingerprint density at radius 1 is 0.737 bits per heavy atom. The van der Waals surface area contributed by atoms with Gasteiger partial charge >= 0.3 is 0 Å². The second kappa shape index (κ2) is 8.71. The molecule has 0 aromatic carbocycles. The van der Waals surface area contributed by atoms with Crippen LogP contribution in [0.5, 0.6) is 0 Å². The molecule has 0 aromatic heterocycles. The molecule has 0 radical (unpaired) electrons. The molecular weight excluding hydrogens is 228 g/mol. The minimum Gasteiger partial charge on any atom is -0.0991 e. The lowest BCUT2D eigenvalue weighted by atomic mass is 10.0. The maximum atomic E-state index is 3.97. The van der Waals surface area contributed by atoms with Crippen LogP contribution in [0.3, 0.4) is 0 Å². The molecule has 0 aromatic rings. The summed E-state index contributed by atoms with van der Waals surface area (Å²) in [7, 11) is 0. The Hall–Kier alpha value is -2.34.